The Labute approximate surface area is 77.7 Å². The van der Waals surface area contributed by atoms with E-state index in [2.05, 4.69) is 13.8 Å². The van der Waals surface area contributed by atoms with E-state index < -0.39 is 0 Å². The molecule has 1 aliphatic carbocycles. The van der Waals surface area contributed by atoms with Crippen molar-refractivity contribution in [2.24, 2.45) is 5.92 Å². The predicted molar refractivity (Wildman–Crippen MR) is 55.0 cm³/mol. The van der Waals surface area contributed by atoms with Crippen LogP contribution in [0.25, 0.3) is 0 Å². The lowest BCUT2D eigenvalue weighted by molar-refractivity contribution is 0.480. The zero-order valence-corrected chi connectivity index (χ0v) is 8.73. The molecular formula is C12H23. The van der Waals surface area contributed by atoms with Crippen LogP contribution in [0.2, 0.25) is 0 Å². The van der Waals surface area contributed by atoms with Crippen LogP contribution in [-0.4, -0.2) is 0 Å². The van der Waals surface area contributed by atoms with Gasteiger partial charge in [0, 0.05) is 0 Å². The van der Waals surface area contributed by atoms with Crippen molar-refractivity contribution >= 4 is 0 Å². The van der Waals surface area contributed by atoms with Crippen molar-refractivity contribution in [1.82, 2.24) is 0 Å². The summed E-state index contributed by atoms with van der Waals surface area (Å²) in [6.45, 7) is 4.72. The molecule has 1 saturated carbocycles. The Kier molecular flexibility index (Phi) is 4.72. The molecule has 1 radical (unpaired) electrons. The topological polar surface area (TPSA) is 0 Å². The summed E-state index contributed by atoms with van der Waals surface area (Å²) < 4.78 is 0. The minimum Gasteiger partial charge on any atom is -0.0654 e. The second kappa shape index (κ2) is 5.61. The second-order valence-corrected chi connectivity index (χ2v) is 4.26. The molecule has 0 aromatic heterocycles. The summed E-state index contributed by atoms with van der Waals surface area (Å²) in [5, 5.41) is 0. The summed E-state index contributed by atoms with van der Waals surface area (Å²) in [5.41, 5.74) is 0. The Morgan fingerprint density at radius 1 is 1.08 bits per heavy atom. The third-order valence-electron chi connectivity index (χ3n) is 3.16. The average molecular weight is 167 g/mol. The van der Waals surface area contributed by atoms with E-state index in [1.807, 2.05) is 5.92 Å². The van der Waals surface area contributed by atoms with Crippen molar-refractivity contribution in [3.63, 3.8) is 0 Å². The highest BCUT2D eigenvalue weighted by Gasteiger charge is 2.18. The van der Waals surface area contributed by atoms with Crippen molar-refractivity contribution in [2.75, 3.05) is 0 Å². The maximum Gasteiger partial charge on any atom is -0.0213 e. The van der Waals surface area contributed by atoms with E-state index in [1.54, 1.807) is 0 Å². The van der Waals surface area contributed by atoms with E-state index in [9.17, 15) is 0 Å². The van der Waals surface area contributed by atoms with Crippen LogP contribution in [0.5, 0.6) is 0 Å². The van der Waals surface area contributed by atoms with Crippen LogP contribution in [-0.2, 0) is 0 Å². The van der Waals surface area contributed by atoms with Crippen molar-refractivity contribution in [2.45, 2.75) is 65.2 Å². The SMILES string of the molecule is CCCC(C)[C]1CCCCCC1. The predicted octanol–water partition coefficient (Wildman–Crippen LogP) is 4.35. The van der Waals surface area contributed by atoms with Crippen molar-refractivity contribution < 1.29 is 0 Å². The zero-order valence-electron chi connectivity index (χ0n) is 8.73. The van der Waals surface area contributed by atoms with Gasteiger partial charge in [0.05, 0.1) is 0 Å². The van der Waals surface area contributed by atoms with Crippen LogP contribution >= 0.6 is 0 Å². The van der Waals surface area contributed by atoms with Gasteiger partial charge in [0.25, 0.3) is 0 Å². The molecule has 0 bridgehead atoms. The highest BCUT2D eigenvalue weighted by atomic mass is 14.2. The minimum atomic E-state index is 0.910. The van der Waals surface area contributed by atoms with Crippen LogP contribution in [0.15, 0.2) is 0 Å². The molecule has 1 rings (SSSR count). The maximum absolute atomic E-state index is 2.42. The zero-order chi connectivity index (χ0) is 8.81. The molecule has 0 N–H and O–H groups in total. The van der Waals surface area contributed by atoms with Crippen molar-refractivity contribution in [3.05, 3.63) is 5.92 Å². The lowest BCUT2D eigenvalue weighted by Gasteiger charge is -2.20. The molecule has 1 atom stereocenters. The van der Waals surface area contributed by atoms with Gasteiger partial charge in [-0.05, 0) is 24.7 Å². The first-order chi connectivity index (χ1) is 5.84. The molecule has 0 amide bonds. The quantitative estimate of drug-likeness (QED) is 0.548. The molecule has 12 heavy (non-hydrogen) atoms. The van der Waals surface area contributed by atoms with E-state index in [4.69, 9.17) is 0 Å². The molecule has 1 fully saturated rings. The monoisotopic (exact) mass is 167 g/mol. The maximum atomic E-state index is 2.42. The Bertz CT molecular complexity index is 98.6. The molecule has 0 aromatic carbocycles. The fourth-order valence-corrected chi connectivity index (χ4v) is 2.31. The Morgan fingerprint density at radius 2 is 1.67 bits per heavy atom. The van der Waals surface area contributed by atoms with Crippen molar-refractivity contribution in [3.8, 4) is 0 Å². The summed E-state index contributed by atoms with van der Waals surface area (Å²) >= 11 is 0. The third-order valence-corrected chi connectivity index (χ3v) is 3.16. The summed E-state index contributed by atoms with van der Waals surface area (Å²) in [6, 6.07) is 0. The summed E-state index contributed by atoms with van der Waals surface area (Å²) in [4.78, 5) is 0. The van der Waals surface area contributed by atoms with Crippen LogP contribution < -0.4 is 0 Å². The molecule has 0 heteroatoms. The molecular weight excluding hydrogens is 144 g/mol. The average Bonchev–Trinajstić information content (AvgIpc) is 2.32. The van der Waals surface area contributed by atoms with Crippen LogP contribution in [0.3, 0.4) is 0 Å². The van der Waals surface area contributed by atoms with Gasteiger partial charge >= 0.3 is 0 Å². The van der Waals surface area contributed by atoms with Crippen LogP contribution in [0, 0.1) is 11.8 Å². The van der Waals surface area contributed by atoms with E-state index >= 15 is 0 Å². The third kappa shape index (κ3) is 3.16. The van der Waals surface area contributed by atoms with Gasteiger partial charge in [-0.1, -0.05) is 52.4 Å². The number of hydrogen-bond donors (Lipinski definition) is 0. The molecule has 0 aromatic rings. The van der Waals surface area contributed by atoms with Crippen molar-refractivity contribution in [1.29, 1.82) is 0 Å². The van der Waals surface area contributed by atoms with Gasteiger partial charge in [0.2, 0.25) is 0 Å². The molecule has 0 spiro atoms. The van der Waals surface area contributed by atoms with Gasteiger partial charge in [-0.3, -0.25) is 0 Å². The molecule has 0 nitrogen and oxygen atoms in total. The highest BCUT2D eigenvalue weighted by molar-refractivity contribution is 4.95. The van der Waals surface area contributed by atoms with Crippen LogP contribution in [0.4, 0.5) is 0 Å². The molecule has 71 valence electrons. The Balaban J connectivity index is 2.27. The Hall–Kier alpha value is 0. The summed E-state index contributed by atoms with van der Waals surface area (Å²) in [6.07, 6.45) is 11.5. The highest BCUT2D eigenvalue weighted by Crippen LogP contribution is 2.32. The first kappa shape index (κ1) is 10.1. The molecule has 1 unspecified atom stereocenters. The normalized spacial score (nSPS) is 23.5. The molecule has 1 aliphatic rings. The van der Waals surface area contributed by atoms with Gasteiger partial charge in [0.15, 0.2) is 0 Å². The van der Waals surface area contributed by atoms with E-state index in [0.29, 0.717) is 0 Å². The molecule has 0 heterocycles. The minimum absolute atomic E-state index is 0.910. The lowest BCUT2D eigenvalue weighted by Crippen LogP contribution is -2.08. The largest absolute Gasteiger partial charge is 0.0654 e. The van der Waals surface area contributed by atoms with E-state index in [0.717, 1.165) is 5.92 Å². The van der Waals surface area contributed by atoms with Gasteiger partial charge < -0.3 is 0 Å². The van der Waals surface area contributed by atoms with E-state index in [-0.39, 0.29) is 0 Å². The molecule has 0 aliphatic heterocycles. The van der Waals surface area contributed by atoms with Gasteiger partial charge in [0.1, 0.15) is 0 Å². The molecule has 0 saturated heterocycles. The summed E-state index contributed by atoms with van der Waals surface area (Å²) in [7, 11) is 0. The van der Waals surface area contributed by atoms with Gasteiger partial charge in [-0.15, -0.1) is 0 Å². The number of hydrogen-bond acceptors (Lipinski definition) is 0. The van der Waals surface area contributed by atoms with Gasteiger partial charge in [-0.25, -0.2) is 0 Å². The number of rotatable bonds is 3. The standard InChI is InChI=1S/C12H23/c1-3-8-11(2)12-9-6-4-5-7-10-12/h11H,3-10H2,1-2H3. The van der Waals surface area contributed by atoms with Crippen LogP contribution in [0.1, 0.15) is 65.2 Å². The van der Waals surface area contributed by atoms with Gasteiger partial charge in [-0.2, -0.15) is 0 Å². The second-order valence-electron chi connectivity index (χ2n) is 4.26. The first-order valence-electron chi connectivity index (χ1n) is 5.69. The summed E-state index contributed by atoms with van der Waals surface area (Å²) in [5.74, 6) is 2.78. The lowest BCUT2D eigenvalue weighted by atomic mass is 9.85. The fourth-order valence-electron chi connectivity index (χ4n) is 2.31. The smallest absolute Gasteiger partial charge is 0.0213 e. The first-order valence-corrected chi connectivity index (χ1v) is 5.69. The Morgan fingerprint density at radius 3 is 2.17 bits per heavy atom. The van der Waals surface area contributed by atoms with E-state index in [1.165, 1.54) is 51.4 Å². The fraction of sp³-hybridized carbons (Fsp3) is 0.917.